The standard InChI is InChI=1S/C13H11F3N2O/c1-8-2-3-18-7-12(8)9-4-10(17)6-11(5-9)19-13(14,15)16/h2-7H,17H2,1H3. The van der Waals surface area contributed by atoms with E-state index in [0.717, 1.165) is 11.6 Å². The lowest BCUT2D eigenvalue weighted by atomic mass is 10.0. The molecule has 19 heavy (non-hydrogen) atoms. The number of ether oxygens (including phenoxy) is 1. The van der Waals surface area contributed by atoms with Crippen LogP contribution in [0.5, 0.6) is 5.75 Å². The molecule has 0 bridgehead atoms. The number of nitrogens with zero attached hydrogens (tertiary/aromatic N) is 1. The van der Waals surface area contributed by atoms with Crippen LogP contribution in [0.25, 0.3) is 11.1 Å². The van der Waals surface area contributed by atoms with Crippen LogP contribution in [0, 0.1) is 6.92 Å². The first-order valence-corrected chi connectivity index (χ1v) is 5.42. The van der Waals surface area contributed by atoms with Crippen molar-refractivity contribution >= 4 is 5.69 Å². The van der Waals surface area contributed by atoms with Gasteiger partial charge in [-0.1, -0.05) is 0 Å². The molecule has 100 valence electrons. The highest BCUT2D eigenvalue weighted by Crippen LogP contribution is 2.31. The zero-order valence-corrected chi connectivity index (χ0v) is 10.0. The summed E-state index contributed by atoms with van der Waals surface area (Å²) in [5.74, 6) is -0.342. The van der Waals surface area contributed by atoms with Crippen molar-refractivity contribution in [3.05, 3.63) is 42.2 Å². The minimum atomic E-state index is -4.74. The van der Waals surface area contributed by atoms with Crippen LogP contribution >= 0.6 is 0 Å². The maximum Gasteiger partial charge on any atom is 0.573 e. The quantitative estimate of drug-likeness (QED) is 0.847. The average Bonchev–Trinajstić information content (AvgIpc) is 2.26. The number of aromatic nitrogens is 1. The maximum atomic E-state index is 12.2. The number of hydrogen-bond donors (Lipinski definition) is 1. The molecule has 0 saturated carbocycles. The fourth-order valence-electron chi connectivity index (χ4n) is 1.74. The van der Waals surface area contributed by atoms with Crippen molar-refractivity contribution in [1.29, 1.82) is 0 Å². The SMILES string of the molecule is Cc1ccncc1-c1cc(N)cc(OC(F)(F)F)c1. The van der Waals surface area contributed by atoms with Crippen LogP contribution in [0.1, 0.15) is 5.56 Å². The summed E-state index contributed by atoms with van der Waals surface area (Å²) in [6, 6.07) is 5.76. The Balaban J connectivity index is 2.45. The largest absolute Gasteiger partial charge is 0.573 e. The molecule has 0 saturated heterocycles. The Bertz CT molecular complexity index is 597. The van der Waals surface area contributed by atoms with E-state index in [9.17, 15) is 13.2 Å². The van der Waals surface area contributed by atoms with Crippen LogP contribution in [-0.4, -0.2) is 11.3 Å². The third-order valence-electron chi connectivity index (χ3n) is 2.51. The Morgan fingerprint density at radius 2 is 1.95 bits per heavy atom. The van der Waals surface area contributed by atoms with Crippen molar-refractivity contribution in [2.75, 3.05) is 5.73 Å². The fourth-order valence-corrected chi connectivity index (χ4v) is 1.74. The molecule has 1 heterocycles. The van der Waals surface area contributed by atoms with E-state index in [0.29, 0.717) is 11.1 Å². The van der Waals surface area contributed by atoms with Gasteiger partial charge in [0.15, 0.2) is 0 Å². The van der Waals surface area contributed by atoms with Gasteiger partial charge in [0.2, 0.25) is 0 Å². The Kier molecular flexibility index (Phi) is 3.33. The van der Waals surface area contributed by atoms with Crippen LogP contribution in [0.15, 0.2) is 36.7 Å². The predicted octanol–water partition coefficient (Wildman–Crippen LogP) is 3.54. The van der Waals surface area contributed by atoms with Crippen LogP contribution in [0.3, 0.4) is 0 Å². The summed E-state index contributed by atoms with van der Waals surface area (Å²) < 4.78 is 40.5. The highest BCUT2D eigenvalue weighted by atomic mass is 19.4. The van der Waals surface area contributed by atoms with Crippen molar-refractivity contribution in [3.63, 3.8) is 0 Å². The van der Waals surface area contributed by atoms with Crippen molar-refractivity contribution in [1.82, 2.24) is 4.98 Å². The summed E-state index contributed by atoms with van der Waals surface area (Å²) >= 11 is 0. The maximum absolute atomic E-state index is 12.2. The zero-order chi connectivity index (χ0) is 14.0. The normalized spacial score (nSPS) is 11.4. The van der Waals surface area contributed by atoms with E-state index in [1.54, 1.807) is 24.5 Å². The Morgan fingerprint density at radius 1 is 1.21 bits per heavy atom. The molecule has 0 radical (unpaired) electrons. The average molecular weight is 268 g/mol. The van der Waals surface area contributed by atoms with E-state index in [1.807, 2.05) is 6.92 Å². The van der Waals surface area contributed by atoms with Crippen LogP contribution in [0.4, 0.5) is 18.9 Å². The zero-order valence-electron chi connectivity index (χ0n) is 10.0. The summed E-state index contributed by atoms with van der Waals surface area (Å²) in [5, 5.41) is 0. The third-order valence-corrected chi connectivity index (χ3v) is 2.51. The second-order valence-corrected chi connectivity index (χ2v) is 4.03. The number of benzene rings is 1. The molecule has 3 nitrogen and oxygen atoms in total. The smallest absolute Gasteiger partial charge is 0.406 e. The van der Waals surface area contributed by atoms with Gasteiger partial charge in [-0.3, -0.25) is 4.98 Å². The lowest BCUT2D eigenvalue weighted by Gasteiger charge is -2.12. The molecule has 0 spiro atoms. The van der Waals surface area contributed by atoms with E-state index in [2.05, 4.69) is 9.72 Å². The second-order valence-electron chi connectivity index (χ2n) is 4.03. The van der Waals surface area contributed by atoms with E-state index in [1.165, 1.54) is 6.07 Å². The van der Waals surface area contributed by atoms with Crippen LogP contribution < -0.4 is 10.5 Å². The summed E-state index contributed by atoms with van der Waals surface area (Å²) in [6.45, 7) is 1.84. The van der Waals surface area contributed by atoms with Gasteiger partial charge in [0.1, 0.15) is 5.75 Å². The Labute approximate surface area is 107 Å². The van der Waals surface area contributed by atoms with Crippen LogP contribution in [0.2, 0.25) is 0 Å². The number of hydrogen-bond acceptors (Lipinski definition) is 3. The summed E-state index contributed by atoms with van der Waals surface area (Å²) in [5.41, 5.74) is 7.92. The van der Waals surface area contributed by atoms with Gasteiger partial charge in [-0.15, -0.1) is 13.2 Å². The molecule has 1 aromatic carbocycles. The first-order valence-electron chi connectivity index (χ1n) is 5.42. The van der Waals surface area contributed by atoms with Gasteiger partial charge >= 0.3 is 6.36 Å². The molecule has 6 heteroatoms. The topological polar surface area (TPSA) is 48.1 Å². The minimum absolute atomic E-state index is 0.194. The van der Waals surface area contributed by atoms with Gasteiger partial charge in [0.05, 0.1) is 0 Å². The van der Waals surface area contributed by atoms with E-state index in [4.69, 9.17) is 5.73 Å². The molecule has 2 aromatic rings. The number of alkyl halides is 3. The lowest BCUT2D eigenvalue weighted by molar-refractivity contribution is -0.274. The highest BCUT2D eigenvalue weighted by molar-refractivity contribution is 5.71. The lowest BCUT2D eigenvalue weighted by Crippen LogP contribution is -2.17. The van der Waals surface area contributed by atoms with Crippen molar-refractivity contribution < 1.29 is 17.9 Å². The monoisotopic (exact) mass is 268 g/mol. The molecule has 2 N–H and O–H groups in total. The van der Waals surface area contributed by atoms with Gasteiger partial charge < -0.3 is 10.5 Å². The minimum Gasteiger partial charge on any atom is -0.406 e. The third kappa shape index (κ3) is 3.37. The first kappa shape index (κ1) is 13.2. The molecule has 1 aromatic heterocycles. The van der Waals surface area contributed by atoms with Gasteiger partial charge in [-0.25, -0.2) is 0 Å². The summed E-state index contributed by atoms with van der Waals surface area (Å²) in [6.07, 6.45) is -1.56. The molecule has 0 atom stereocenters. The number of pyridine rings is 1. The Hall–Kier alpha value is -2.24. The fraction of sp³-hybridized carbons (Fsp3) is 0.154. The number of nitrogens with two attached hydrogens (primary N) is 1. The number of nitrogen functional groups attached to an aromatic ring is 1. The summed E-state index contributed by atoms with van der Waals surface area (Å²) in [7, 11) is 0. The Morgan fingerprint density at radius 3 is 2.58 bits per heavy atom. The molecule has 0 amide bonds. The highest BCUT2D eigenvalue weighted by Gasteiger charge is 2.31. The van der Waals surface area contributed by atoms with E-state index in [-0.39, 0.29) is 11.4 Å². The van der Waals surface area contributed by atoms with Crippen molar-refractivity contribution in [2.24, 2.45) is 0 Å². The molecule has 0 aliphatic rings. The molecule has 0 aliphatic heterocycles. The number of anilines is 1. The molecular formula is C13H11F3N2O. The summed E-state index contributed by atoms with van der Waals surface area (Å²) in [4.78, 5) is 3.95. The van der Waals surface area contributed by atoms with E-state index >= 15 is 0 Å². The second kappa shape index (κ2) is 4.79. The molecule has 0 unspecified atom stereocenters. The van der Waals surface area contributed by atoms with Gasteiger partial charge in [-0.2, -0.15) is 0 Å². The van der Waals surface area contributed by atoms with Crippen LogP contribution in [-0.2, 0) is 0 Å². The van der Waals surface area contributed by atoms with Gasteiger partial charge in [-0.05, 0) is 36.2 Å². The molecular weight excluding hydrogens is 257 g/mol. The van der Waals surface area contributed by atoms with Gasteiger partial charge in [0.25, 0.3) is 0 Å². The first-order chi connectivity index (χ1) is 8.85. The van der Waals surface area contributed by atoms with Crippen molar-refractivity contribution in [2.45, 2.75) is 13.3 Å². The number of halogens is 3. The predicted molar refractivity (Wildman–Crippen MR) is 65.5 cm³/mol. The van der Waals surface area contributed by atoms with Crippen molar-refractivity contribution in [3.8, 4) is 16.9 Å². The number of rotatable bonds is 2. The number of aryl methyl sites for hydroxylation is 1. The van der Waals surface area contributed by atoms with Gasteiger partial charge in [0, 0.05) is 29.7 Å². The molecule has 0 aliphatic carbocycles. The molecule has 0 fully saturated rings. The molecule has 2 rings (SSSR count). The van der Waals surface area contributed by atoms with E-state index < -0.39 is 6.36 Å².